The van der Waals surface area contributed by atoms with Gasteiger partial charge in [0, 0.05) is 32.2 Å². The van der Waals surface area contributed by atoms with Crippen LogP contribution in [0.4, 0.5) is 4.79 Å². The van der Waals surface area contributed by atoms with Gasteiger partial charge in [0.25, 0.3) is 0 Å². The molecule has 3 fully saturated rings. The summed E-state index contributed by atoms with van der Waals surface area (Å²) in [5, 5.41) is 15.7. The summed E-state index contributed by atoms with van der Waals surface area (Å²) in [6.45, 7) is 5.30. The van der Waals surface area contributed by atoms with E-state index in [0.717, 1.165) is 51.9 Å². The standard InChI is InChI=1S/C18H32N4O3/c23-17(24)16(14-4-2-1-3-5-14)20-18(25)22-12-10-21(11-13-22)15-6-8-19-9-7-15/h14-16,19H,1-13H2,(H,20,25)(H,23,24). The molecule has 1 aliphatic carbocycles. The van der Waals surface area contributed by atoms with Crippen molar-refractivity contribution in [2.24, 2.45) is 5.92 Å². The third kappa shape index (κ3) is 4.85. The van der Waals surface area contributed by atoms with E-state index < -0.39 is 12.0 Å². The fourth-order valence-electron chi connectivity index (χ4n) is 4.54. The van der Waals surface area contributed by atoms with Crippen molar-refractivity contribution in [2.45, 2.75) is 57.0 Å². The fraction of sp³-hybridized carbons (Fsp3) is 0.889. The molecular weight excluding hydrogens is 320 g/mol. The van der Waals surface area contributed by atoms with Crippen molar-refractivity contribution in [3.8, 4) is 0 Å². The first kappa shape index (κ1) is 18.5. The van der Waals surface area contributed by atoms with E-state index in [1.54, 1.807) is 4.90 Å². The van der Waals surface area contributed by atoms with Gasteiger partial charge < -0.3 is 20.6 Å². The van der Waals surface area contributed by atoms with Gasteiger partial charge in [-0.2, -0.15) is 0 Å². The lowest BCUT2D eigenvalue weighted by atomic mass is 9.84. The third-order valence-corrected chi connectivity index (χ3v) is 6.09. The molecule has 3 N–H and O–H groups in total. The number of piperazine rings is 1. The topological polar surface area (TPSA) is 84.9 Å². The second kappa shape index (κ2) is 8.85. The number of hydrogen-bond acceptors (Lipinski definition) is 4. The Labute approximate surface area is 150 Å². The largest absolute Gasteiger partial charge is 0.480 e. The van der Waals surface area contributed by atoms with Gasteiger partial charge in [-0.3, -0.25) is 4.90 Å². The molecule has 3 aliphatic rings. The molecule has 3 rings (SSSR count). The van der Waals surface area contributed by atoms with E-state index in [4.69, 9.17) is 0 Å². The summed E-state index contributed by atoms with van der Waals surface area (Å²) in [4.78, 5) is 28.5. The zero-order chi connectivity index (χ0) is 17.6. The molecule has 0 bridgehead atoms. The van der Waals surface area contributed by atoms with Gasteiger partial charge in [0.15, 0.2) is 0 Å². The zero-order valence-electron chi connectivity index (χ0n) is 15.1. The van der Waals surface area contributed by atoms with E-state index in [0.29, 0.717) is 19.1 Å². The van der Waals surface area contributed by atoms with Gasteiger partial charge in [-0.15, -0.1) is 0 Å². The molecule has 2 heterocycles. The van der Waals surface area contributed by atoms with Crippen LogP contribution in [0.3, 0.4) is 0 Å². The predicted molar refractivity (Wildman–Crippen MR) is 95.6 cm³/mol. The van der Waals surface area contributed by atoms with Crippen molar-refractivity contribution < 1.29 is 14.7 Å². The Morgan fingerprint density at radius 1 is 0.960 bits per heavy atom. The van der Waals surface area contributed by atoms with Crippen LogP contribution >= 0.6 is 0 Å². The van der Waals surface area contributed by atoms with Crippen molar-refractivity contribution in [3.05, 3.63) is 0 Å². The van der Waals surface area contributed by atoms with Crippen LogP contribution in [-0.4, -0.2) is 78.3 Å². The van der Waals surface area contributed by atoms with E-state index in [9.17, 15) is 14.7 Å². The number of nitrogens with one attached hydrogen (secondary N) is 2. The van der Waals surface area contributed by atoms with E-state index in [1.165, 1.54) is 19.3 Å². The SMILES string of the molecule is O=C(O)C(NC(=O)N1CCN(C2CCNCC2)CC1)C1CCCCC1. The van der Waals surface area contributed by atoms with Gasteiger partial charge in [0.1, 0.15) is 6.04 Å². The molecule has 1 atom stereocenters. The summed E-state index contributed by atoms with van der Waals surface area (Å²) in [7, 11) is 0. The number of carboxylic acid groups (broad SMARTS) is 1. The molecule has 0 radical (unpaired) electrons. The summed E-state index contributed by atoms with van der Waals surface area (Å²) in [6.07, 6.45) is 7.47. The summed E-state index contributed by atoms with van der Waals surface area (Å²) in [5.74, 6) is -0.820. The number of nitrogens with zero attached hydrogens (tertiary/aromatic N) is 2. The van der Waals surface area contributed by atoms with Crippen LogP contribution in [0, 0.1) is 5.92 Å². The number of piperidine rings is 1. The van der Waals surface area contributed by atoms with Crippen molar-refractivity contribution in [1.29, 1.82) is 0 Å². The first-order valence-electron chi connectivity index (χ1n) is 9.88. The lowest BCUT2D eigenvalue weighted by molar-refractivity contribution is -0.141. The van der Waals surface area contributed by atoms with Gasteiger partial charge in [-0.05, 0) is 44.7 Å². The first-order chi connectivity index (χ1) is 12.1. The Morgan fingerprint density at radius 2 is 1.60 bits per heavy atom. The smallest absolute Gasteiger partial charge is 0.326 e. The van der Waals surface area contributed by atoms with E-state index in [1.807, 2.05) is 0 Å². The Morgan fingerprint density at radius 3 is 2.20 bits per heavy atom. The number of amides is 2. The molecule has 7 heteroatoms. The van der Waals surface area contributed by atoms with Gasteiger partial charge in [0.2, 0.25) is 0 Å². The van der Waals surface area contributed by atoms with Crippen LogP contribution in [0.25, 0.3) is 0 Å². The Hall–Kier alpha value is -1.34. The maximum Gasteiger partial charge on any atom is 0.326 e. The second-order valence-electron chi connectivity index (χ2n) is 7.67. The fourth-order valence-corrected chi connectivity index (χ4v) is 4.54. The lowest BCUT2D eigenvalue weighted by Gasteiger charge is -2.41. The highest BCUT2D eigenvalue weighted by atomic mass is 16.4. The number of carbonyl (C=O) groups excluding carboxylic acids is 1. The highest BCUT2D eigenvalue weighted by molar-refractivity contribution is 5.82. The predicted octanol–water partition coefficient (Wildman–Crippen LogP) is 1.10. The molecule has 2 amide bonds. The number of aliphatic carboxylic acids is 1. The van der Waals surface area contributed by atoms with Crippen LogP contribution < -0.4 is 10.6 Å². The Kier molecular flexibility index (Phi) is 6.53. The van der Waals surface area contributed by atoms with Gasteiger partial charge in [-0.25, -0.2) is 9.59 Å². The van der Waals surface area contributed by atoms with Gasteiger partial charge >= 0.3 is 12.0 Å². The van der Waals surface area contributed by atoms with Crippen LogP contribution in [0.2, 0.25) is 0 Å². The summed E-state index contributed by atoms with van der Waals surface area (Å²) >= 11 is 0. The Bertz CT molecular complexity index is 453. The van der Waals surface area contributed by atoms with E-state index in [-0.39, 0.29) is 11.9 Å². The summed E-state index contributed by atoms with van der Waals surface area (Å²) in [5.41, 5.74) is 0. The van der Waals surface area contributed by atoms with Crippen LogP contribution in [0.1, 0.15) is 44.9 Å². The third-order valence-electron chi connectivity index (χ3n) is 6.09. The highest BCUT2D eigenvalue weighted by Crippen LogP contribution is 2.27. The molecular formula is C18H32N4O3. The van der Waals surface area contributed by atoms with Crippen molar-refractivity contribution in [2.75, 3.05) is 39.3 Å². The van der Waals surface area contributed by atoms with E-state index >= 15 is 0 Å². The minimum Gasteiger partial charge on any atom is -0.480 e. The minimum atomic E-state index is -0.895. The van der Waals surface area contributed by atoms with Crippen LogP contribution in [0.15, 0.2) is 0 Å². The minimum absolute atomic E-state index is 0.0752. The maximum absolute atomic E-state index is 12.6. The molecule has 1 unspecified atom stereocenters. The summed E-state index contributed by atoms with van der Waals surface area (Å²) < 4.78 is 0. The molecule has 0 aromatic heterocycles. The zero-order valence-corrected chi connectivity index (χ0v) is 15.1. The molecule has 0 aromatic carbocycles. The number of urea groups is 1. The van der Waals surface area contributed by atoms with E-state index in [2.05, 4.69) is 15.5 Å². The van der Waals surface area contributed by atoms with Crippen LogP contribution in [0.5, 0.6) is 0 Å². The quantitative estimate of drug-likeness (QED) is 0.705. The average Bonchev–Trinajstić information content (AvgIpc) is 2.67. The number of hydrogen-bond donors (Lipinski definition) is 3. The highest BCUT2D eigenvalue weighted by Gasteiger charge is 2.33. The van der Waals surface area contributed by atoms with Crippen LogP contribution in [-0.2, 0) is 4.79 Å². The molecule has 142 valence electrons. The maximum atomic E-state index is 12.6. The second-order valence-corrected chi connectivity index (χ2v) is 7.67. The molecule has 25 heavy (non-hydrogen) atoms. The van der Waals surface area contributed by atoms with Crippen molar-refractivity contribution in [1.82, 2.24) is 20.4 Å². The monoisotopic (exact) mass is 352 g/mol. The molecule has 2 aliphatic heterocycles. The van der Waals surface area contributed by atoms with Gasteiger partial charge in [-0.1, -0.05) is 19.3 Å². The number of rotatable bonds is 4. The Balaban J connectivity index is 1.48. The molecule has 1 saturated carbocycles. The summed E-state index contributed by atoms with van der Waals surface area (Å²) in [6, 6.07) is -0.321. The number of carbonyl (C=O) groups is 2. The lowest BCUT2D eigenvalue weighted by Crippen LogP contribution is -2.58. The molecule has 2 saturated heterocycles. The molecule has 0 spiro atoms. The van der Waals surface area contributed by atoms with Crippen molar-refractivity contribution in [3.63, 3.8) is 0 Å². The van der Waals surface area contributed by atoms with Crippen molar-refractivity contribution >= 4 is 12.0 Å². The molecule has 7 nitrogen and oxygen atoms in total. The number of carboxylic acids is 1. The normalized spacial score (nSPS) is 25.5. The molecule has 0 aromatic rings. The average molecular weight is 352 g/mol. The first-order valence-corrected chi connectivity index (χ1v) is 9.88. The van der Waals surface area contributed by atoms with Gasteiger partial charge in [0.05, 0.1) is 0 Å².